The fourth-order valence-corrected chi connectivity index (χ4v) is 3.32. The average molecular weight is 416 g/mol. The Labute approximate surface area is 165 Å². The Morgan fingerprint density at radius 1 is 1.29 bits per heavy atom. The molecule has 1 aliphatic heterocycles. The number of nitrogens with two attached hydrogens (primary N) is 2. The molecule has 1 unspecified atom stereocenters. The summed E-state index contributed by atoms with van der Waals surface area (Å²) < 4.78 is 45.2. The van der Waals surface area contributed by atoms with E-state index in [0.717, 1.165) is 19.0 Å². The van der Waals surface area contributed by atoms with Gasteiger partial charge in [0.05, 0.1) is 16.8 Å². The number of benzene rings is 1. The number of hydrogen-bond donors (Lipinski definition) is 2. The molecule has 0 spiro atoms. The van der Waals surface area contributed by atoms with Crippen LogP contribution in [0.25, 0.3) is 11.4 Å². The molecule has 1 atom stereocenters. The molecule has 2 aromatic rings. The maximum absolute atomic E-state index is 13.2. The second kappa shape index (κ2) is 8.50. The van der Waals surface area contributed by atoms with Crippen molar-refractivity contribution in [3.05, 3.63) is 35.0 Å². The number of ether oxygens (including phenoxy) is 1. The number of aromatic nitrogens is 2. The van der Waals surface area contributed by atoms with Gasteiger partial charge < -0.3 is 21.1 Å². The van der Waals surface area contributed by atoms with Crippen LogP contribution in [0.15, 0.2) is 24.4 Å². The number of hydrogen-bond acceptors (Lipinski definition) is 6. The predicted molar refractivity (Wildman–Crippen MR) is 101 cm³/mol. The number of rotatable bonds is 6. The van der Waals surface area contributed by atoms with Crippen molar-refractivity contribution < 1.29 is 17.9 Å². The fraction of sp³-hybridized carbons (Fsp3) is 0.444. The first-order valence-electron chi connectivity index (χ1n) is 8.85. The summed E-state index contributed by atoms with van der Waals surface area (Å²) in [4.78, 5) is 10.7. The summed E-state index contributed by atoms with van der Waals surface area (Å²) >= 11 is 5.70. The van der Waals surface area contributed by atoms with Gasteiger partial charge in [-0.2, -0.15) is 13.2 Å². The van der Waals surface area contributed by atoms with Gasteiger partial charge in [0.15, 0.2) is 17.4 Å². The van der Waals surface area contributed by atoms with Gasteiger partial charge in [0.1, 0.15) is 6.61 Å². The van der Waals surface area contributed by atoms with Crippen LogP contribution < -0.4 is 21.1 Å². The van der Waals surface area contributed by atoms with Crippen molar-refractivity contribution in [3.8, 4) is 17.1 Å². The van der Waals surface area contributed by atoms with E-state index >= 15 is 0 Å². The molecule has 6 nitrogen and oxygen atoms in total. The normalized spacial score (nSPS) is 17.2. The highest BCUT2D eigenvalue weighted by Gasteiger charge is 2.34. The molecule has 0 aliphatic carbocycles. The number of halogens is 4. The van der Waals surface area contributed by atoms with Crippen LogP contribution in [0.5, 0.6) is 5.75 Å². The lowest BCUT2D eigenvalue weighted by atomic mass is 10.1. The molecule has 1 saturated heterocycles. The third-order valence-corrected chi connectivity index (χ3v) is 4.89. The van der Waals surface area contributed by atoms with E-state index in [-0.39, 0.29) is 23.0 Å². The van der Waals surface area contributed by atoms with E-state index in [1.54, 1.807) is 0 Å². The van der Waals surface area contributed by atoms with E-state index in [1.165, 1.54) is 18.3 Å². The van der Waals surface area contributed by atoms with Gasteiger partial charge in [0.25, 0.3) is 0 Å². The lowest BCUT2D eigenvalue weighted by Gasteiger charge is -2.21. The second-order valence-corrected chi connectivity index (χ2v) is 6.95. The van der Waals surface area contributed by atoms with Crippen LogP contribution in [0, 0.1) is 5.92 Å². The molecule has 28 heavy (non-hydrogen) atoms. The summed E-state index contributed by atoms with van der Waals surface area (Å²) in [5.74, 6) is 1.45. The van der Waals surface area contributed by atoms with Gasteiger partial charge >= 0.3 is 6.18 Å². The first-order chi connectivity index (χ1) is 13.3. The maximum atomic E-state index is 13.2. The standard InChI is InChI=1S/C18H21ClF3N5O/c19-14-2-1-12(7-13(14)18(20,21)22)16-25-9-15(28-6-4-23)17(26-16)27-5-3-11(8-24)10-27/h1-2,7,9,11H,3-6,8,10,23-24H2. The highest BCUT2D eigenvalue weighted by Crippen LogP contribution is 2.38. The number of alkyl halides is 3. The lowest BCUT2D eigenvalue weighted by Crippen LogP contribution is -2.25. The Morgan fingerprint density at radius 2 is 2.07 bits per heavy atom. The molecule has 3 rings (SSSR count). The minimum atomic E-state index is -4.57. The van der Waals surface area contributed by atoms with Gasteiger partial charge in [-0.3, -0.25) is 0 Å². The minimum absolute atomic E-state index is 0.161. The van der Waals surface area contributed by atoms with Gasteiger partial charge in [-0.1, -0.05) is 11.6 Å². The van der Waals surface area contributed by atoms with Crippen LogP contribution in [0.3, 0.4) is 0 Å². The van der Waals surface area contributed by atoms with Crippen molar-refractivity contribution in [3.63, 3.8) is 0 Å². The SMILES string of the molecule is NCCOc1cnc(-c2ccc(Cl)c(C(F)(F)F)c2)nc1N1CCC(CN)C1. The van der Waals surface area contributed by atoms with Crippen LogP contribution in [0.1, 0.15) is 12.0 Å². The first kappa shape index (κ1) is 20.6. The van der Waals surface area contributed by atoms with E-state index in [4.69, 9.17) is 27.8 Å². The Bertz CT molecular complexity index is 833. The maximum Gasteiger partial charge on any atom is 0.417 e. The van der Waals surface area contributed by atoms with Gasteiger partial charge in [0.2, 0.25) is 0 Å². The third-order valence-electron chi connectivity index (χ3n) is 4.56. The Balaban J connectivity index is 2.00. The van der Waals surface area contributed by atoms with Crippen molar-refractivity contribution in [2.75, 3.05) is 37.7 Å². The molecule has 0 bridgehead atoms. The molecule has 0 radical (unpaired) electrons. The van der Waals surface area contributed by atoms with E-state index in [1.807, 2.05) is 4.90 Å². The van der Waals surface area contributed by atoms with Crippen molar-refractivity contribution in [2.45, 2.75) is 12.6 Å². The number of anilines is 1. The Kier molecular flexibility index (Phi) is 6.26. The van der Waals surface area contributed by atoms with E-state index in [2.05, 4.69) is 9.97 Å². The molecule has 0 amide bonds. The molecule has 4 N–H and O–H groups in total. The van der Waals surface area contributed by atoms with Crippen molar-refractivity contribution in [1.82, 2.24) is 9.97 Å². The Hall–Kier alpha value is -2.10. The topological polar surface area (TPSA) is 90.3 Å². The molecule has 1 aliphatic rings. The van der Waals surface area contributed by atoms with Crippen LogP contribution in [0.4, 0.5) is 19.0 Å². The monoisotopic (exact) mass is 415 g/mol. The summed E-state index contributed by atoms with van der Waals surface area (Å²) in [7, 11) is 0. The second-order valence-electron chi connectivity index (χ2n) is 6.55. The van der Waals surface area contributed by atoms with Crippen molar-refractivity contribution >= 4 is 17.4 Å². The Morgan fingerprint density at radius 3 is 2.71 bits per heavy atom. The van der Waals surface area contributed by atoms with Gasteiger partial charge in [-0.05, 0) is 37.1 Å². The number of nitrogens with zero attached hydrogens (tertiary/aromatic N) is 3. The minimum Gasteiger partial charge on any atom is -0.487 e. The van der Waals surface area contributed by atoms with Gasteiger partial charge in [-0.25, -0.2) is 9.97 Å². The van der Waals surface area contributed by atoms with Crippen LogP contribution in [-0.4, -0.2) is 42.8 Å². The van der Waals surface area contributed by atoms with Crippen molar-refractivity contribution in [1.29, 1.82) is 0 Å². The first-order valence-corrected chi connectivity index (χ1v) is 9.23. The fourth-order valence-electron chi connectivity index (χ4n) is 3.10. The highest BCUT2D eigenvalue weighted by molar-refractivity contribution is 6.31. The molecular weight excluding hydrogens is 395 g/mol. The molecule has 1 aromatic carbocycles. The van der Waals surface area contributed by atoms with Crippen LogP contribution in [0.2, 0.25) is 5.02 Å². The average Bonchev–Trinajstić information content (AvgIpc) is 3.15. The predicted octanol–water partition coefficient (Wildman–Crippen LogP) is 2.94. The molecule has 2 heterocycles. The molecular formula is C18H21ClF3N5O. The summed E-state index contributed by atoms with van der Waals surface area (Å²) in [5.41, 5.74) is 10.6. The third kappa shape index (κ3) is 4.48. The highest BCUT2D eigenvalue weighted by atomic mass is 35.5. The van der Waals surface area contributed by atoms with Crippen LogP contribution in [-0.2, 0) is 6.18 Å². The quantitative estimate of drug-likeness (QED) is 0.754. The van der Waals surface area contributed by atoms with E-state index in [9.17, 15) is 13.2 Å². The molecule has 1 fully saturated rings. The molecule has 10 heteroatoms. The van der Waals surface area contributed by atoms with Crippen LogP contribution >= 0.6 is 11.6 Å². The van der Waals surface area contributed by atoms with Gasteiger partial charge in [-0.15, -0.1) is 0 Å². The zero-order valence-corrected chi connectivity index (χ0v) is 15.8. The van der Waals surface area contributed by atoms with E-state index < -0.39 is 11.7 Å². The smallest absolute Gasteiger partial charge is 0.417 e. The molecule has 152 valence electrons. The lowest BCUT2D eigenvalue weighted by molar-refractivity contribution is -0.137. The molecule has 1 aromatic heterocycles. The van der Waals surface area contributed by atoms with Crippen molar-refractivity contribution in [2.24, 2.45) is 17.4 Å². The van der Waals surface area contributed by atoms with Gasteiger partial charge in [0, 0.05) is 25.2 Å². The zero-order valence-electron chi connectivity index (χ0n) is 15.0. The van der Waals surface area contributed by atoms with E-state index in [0.29, 0.717) is 37.1 Å². The molecule has 0 saturated carbocycles. The summed E-state index contributed by atoms with van der Waals surface area (Å²) in [6.45, 7) is 2.58. The summed E-state index contributed by atoms with van der Waals surface area (Å²) in [5, 5.41) is -0.371. The summed E-state index contributed by atoms with van der Waals surface area (Å²) in [6.07, 6.45) is -2.19. The largest absolute Gasteiger partial charge is 0.487 e. The zero-order chi connectivity index (χ0) is 20.3. The summed E-state index contributed by atoms with van der Waals surface area (Å²) in [6, 6.07) is 3.61.